The summed E-state index contributed by atoms with van der Waals surface area (Å²) in [6.45, 7) is 3.45. The second kappa shape index (κ2) is 6.21. The summed E-state index contributed by atoms with van der Waals surface area (Å²) in [4.78, 5) is 8.36. The van der Waals surface area contributed by atoms with Crippen molar-refractivity contribution in [1.82, 2.24) is 15.3 Å². The van der Waals surface area contributed by atoms with Crippen LogP contribution < -0.4 is 5.32 Å². The average Bonchev–Trinajstić information content (AvgIpc) is 2.37. The van der Waals surface area contributed by atoms with Gasteiger partial charge in [0.05, 0.1) is 5.69 Å². The maximum absolute atomic E-state index is 12.7. The Hall–Kier alpha value is -1.81. The molecular weight excluding hydrogens is 229 g/mol. The zero-order valence-electron chi connectivity index (χ0n) is 10.4. The molecule has 1 aromatic carbocycles. The fourth-order valence-corrected chi connectivity index (χ4v) is 1.70. The third-order valence-electron chi connectivity index (χ3n) is 2.64. The third kappa shape index (κ3) is 3.89. The minimum Gasteiger partial charge on any atom is -0.311 e. The van der Waals surface area contributed by atoms with Crippen molar-refractivity contribution in [2.75, 3.05) is 6.54 Å². The number of rotatable bonds is 5. The first-order valence-corrected chi connectivity index (χ1v) is 5.98. The van der Waals surface area contributed by atoms with Crippen LogP contribution in [0, 0.1) is 12.7 Å². The Kier molecular flexibility index (Phi) is 4.36. The monoisotopic (exact) mass is 245 g/mol. The summed E-state index contributed by atoms with van der Waals surface area (Å²) in [7, 11) is 0. The molecule has 2 aromatic rings. The molecule has 1 N–H and O–H groups in total. The fraction of sp³-hybridized carbons (Fsp3) is 0.286. The zero-order chi connectivity index (χ0) is 12.8. The highest BCUT2D eigenvalue weighted by atomic mass is 19.1. The quantitative estimate of drug-likeness (QED) is 0.821. The molecule has 0 fully saturated rings. The molecule has 0 saturated carbocycles. The number of aromatic nitrogens is 2. The standard InChI is InChI=1S/C14H16FN3/c1-11-17-9-7-14(18-11)10-16-8-6-12-2-4-13(15)5-3-12/h2-5,7,9,16H,6,8,10H2,1H3. The Bertz CT molecular complexity index is 497. The van der Waals surface area contributed by atoms with Gasteiger partial charge in [0.2, 0.25) is 0 Å². The van der Waals surface area contributed by atoms with E-state index in [-0.39, 0.29) is 5.82 Å². The summed E-state index contributed by atoms with van der Waals surface area (Å²) in [6, 6.07) is 8.50. The first-order chi connectivity index (χ1) is 8.74. The molecule has 0 aliphatic heterocycles. The number of nitrogens with one attached hydrogen (secondary N) is 1. The van der Waals surface area contributed by atoms with Gasteiger partial charge in [0.15, 0.2) is 0 Å². The molecule has 0 spiro atoms. The lowest BCUT2D eigenvalue weighted by Crippen LogP contribution is -2.17. The molecular formula is C14H16FN3. The zero-order valence-corrected chi connectivity index (χ0v) is 10.4. The van der Waals surface area contributed by atoms with Crippen molar-refractivity contribution in [3.05, 3.63) is 59.4 Å². The molecule has 0 bridgehead atoms. The highest BCUT2D eigenvalue weighted by Gasteiger charge is 1.97. The molecule has 0 radical (unpaired) electrons. The van der Waals surface area contributed by atoms with E-state index >= 15 is 0 Å². The second-order valence-electron chi connectivity index (χ2n) is 4.15. The number of nitrogens with zero attached hydrogens (tertiary/aromatic N) is 2. The van der Waals surface area contributed by atoms with Crippen LogP contribution in [0.2, 0.25) is 0 Å². The predicted octanol–water partition coefficient (Wildman–Crippen LogP) is 2.26. The summed E-state index contributed by atoms with van der Waals surface area (Å²) in [6.07, 6.45) is 2.64. The van der Waals surface area contributed by atoms with E-state index in [2.05, 4.69) is 15.3 Å². The van der Waals surface area contributed by atoms with Gasteiger partial charge in [0, 0.05) is 12.7 Å². The smallest absolute Gasteiger partial charge is 0.125 e. The first-order valence-electron chi connectivity index (χ1n) is 5.98. The molecule has 18 heavy (non-hydrogen) atoms. The summed E-state index contributed by atoms with van der Waals surface area (Å²) < 4.78 is 12.7. The number of benzene rings is 1. The highest BCUT2D eigenvalue weighted by Crippen LogP contribution is 2.03. The van der Waals surface area contributed by atoms with E-state index in [1.807, 2.05) is 25.1 Å². The van der Waals surface area contributed by atoms with Crippen LogP contribution in [-0.4, -0.2) is 16.5 Å². The lowest BCUT2D eigenvalue weighted by molar-refractivity contribution is 0.625. The van der Waals surface area contributed by atoms with Gasteiger partial charge >= 0.3 is 0 Å². The van der Waals surface area contributed by atoms with Gasteiger partial charge in [-0.3, -0.25) is 0 Å². The van der Waals surface area contributed by atoms with Crippen LogP contribution in [0.3, 0.4) is 0 Å². The van der Waals surface area contributed by atoms with Gasteiger partial charge in [-0.1, -0.05) is 12.1 Å². The van der Waals surface area contributed by atoms with Crippen LogP contribution in [0.4, 0.5) is 4.39 Å². The molecule has 0 atom stereocenters. The maximum Gasteiger partial charge on any atom is 0.125 e. The van der Waals surface area contributed by atoms with Gasteiger partial charge in [0.1, 0.15) is 11.6 Å². The Morgan fingerprint density at radius 2 is 1.94 bits per heavy atom. The Morgan fingerprint density at radius 1 is 1.17 bits per heavy atom. The van der Waals surface area contributed by atoms with Gasteiger partial charge in [-0.25, -0.2) is 14.4 Å². The maximum atomic E-state index is 12.7. The lowest BCUT2D eigenvalue weighted by atomic mass is 10.1. The van der Waals surface area contributed by atoms with E-state index in [1.165, 1.54) is 12.1 Å². The summed E-state index contributed by atoms with van der Waals surface area (Å²) >= 11 is 0. The Morgan fingerprint density at radius 3 is 2.67 bits per heavy atom. The molecule has 0 aliphatic carbocycles. The van der Waals surface area contributed by atoms with E-state index in [0.717, 1.165) is 36.6 Å². The van der Waals surface area contributed by atoms with Crippen molar-refractivity contribution in [2.24, 2.45) is 0 Å². The lowest BCUT2D eigenvalue weighted by Gasteiger charge is -2.05. The second-order valence-corrected chi connectivity index (χ2v) is 4.15. The van der Waals surface area contributed by atoms with Crippen LogP contribution in [0.25, 0.3) is 0 Å². The Balaban J connectivity index is 1.74. The van der Waals surface area contributed by atoms with E-state index < -0.39 is 0 Å². The molecule has 0 amide bonds. The van der Waals surface area contributed by atoms with Crippen molar-refractivity contribution in [2.45, 2.75) is 19.9 Å². The minimum atomic E-state index is -0.192. The molecule has 1 aromatic heterocycles. The van der Waals surface area contributed by atoms with E-state index in [9.17, 15) is 4.39 Å². The third-order valence-corrected chi connectivity index (χ3v) is 2.64. The topological polar surface area (TPSA) is 37.8 Å². The van der Waals surface area contributed by atoms with Crippen molar-refractivity contribution < 1.29 is 4.39 Å². The van der Waals surface area contributed by atoms with Crippen LogP contribution in [0.5, 0.6) is 0 Å². The van der Waals surface area contributed by atoms with Gasteiger partial charge < -0.3 is 5.32 Å². The molecule has 0 saturated heterocycles. The Labute approximate surface area is 106 Å². The van der Waals surface area contributed by atoms with Crippen molar-refractivity contribution in [3.8, 4) is 0 Å². The van der Waals surface area contributed by atoms with Crippen LogP contribution in [0.1, 0.15) is 17.1 Å². The summed E-state index contributed by atoms with van der Waals surface area (Å²) in [5, 5.41) is 3.31. The average molecular weight is 245 g/mol. The van der Waals surface area contributed by atoms with E-state index in [1.54, 1.807) is 6.20 Å². The van der Waals surface area contributed by atoms with E-state index in [4.69, 9.17) is 0 Å². The van der Waals surface area contributed by atoms with Gasteiger partial charge in [0.25, 0.3) is 0 Å². The highest BCUT2D eigenvalue weighted by molar-refractivity contribution is 5.16. The van der Waals surface area contributed by atoms with Crippen LogP contribution in [-0.2, 0) is 13.0 Å². The molecule has 3 nitrogen and oxygen atoms in total. The van der Waals surface area contributed by atoms with Gasteiger partial charge in [-0.2, -0.15) is 0 Å². The predicted molar refractivity (Wildman–Crippen MR) is 68.6 cm³/mol. The van der Waals surface area contributed by atoms with Crippen molar-refractivity contribution >= 4 is 0 Å². The number of halogens is 1. The fourth-order valence-electron chi connectivity index (χ4n) is 1.70. The van der Waals surface area contributed by atoms with Crippen molar-refractivity contribution in [3.63, 3.8) is 0 Å². The molecule has 2 rings (SSSR count). The minimum absolute atomic E-state index is 0.192. The number of aryl methyl sites for hydroxylation is 1. The van der Waals surface area contributed by atoms with Gasteiger partial charge in [-0.05, 0) is 43.7 Å². The molecule has 0 unspecified atom stereocenters. The van der Waals surface area contributed by atoms with Crippen molar-refractivity contribution in [1.29, 1.82) is 0 Å². The summed E-state index contributed by atoms with van der Waals surface area (Å²) in [5.41, 5.74) is 2.12. The SMILES string of the molecule is Cc1nccc(CNCCc2ccc(F)cc2)n1. The summed E-state index contributed by atoms with van der Waals surface area (Å²) in [5.74, 6) is 0.594. The van der Waals surface area contributed by atoms with Crippen LogP contribution in [0.15, 0.2) is 36.5 Å². The molecule has 0 aliphatic rings. The van der Waals surface area contributed by atoms with Gasteiger partial charge in [-0.15, -0.1) is 0 Å². The molecule has 1 heterocycles. The normalized spacial score (nSPS) is 10.6. The molecule has 4 heteroatoms. The molecule has 94 valence electrons. The number of hydrogen-bond acceptors (Lipinski definition) is 3. The number of hydrogen-bond donors (Lipinski definition) is 1. The first kappa shape index (κ1) is 12.6. The van der Waals surface area contributed by atoms with Crippen LogP contribution >= 0.6 is 0 Å². The van der Waals surface area contributed by atoms with E-state index in [0.29, 0.717) is 0 Å². The largest absolute Gasteiger partial charge is 0.311 e.